The minimum atomic E-state index is 0.0862. The molecule has 172 valence electrons. The normalized spacial score (nSPS) is 16.3. The van der Waals surface area contributed by atoms with Gasteiger partial charge in [-0.15, -0.1) is 0 Å². The Labute approximate surface area is 197 Å². The number of carbonyl (C=O) groups is 1. The lowest BCUT2D eigenvalue weighted by molar-refractivity contribution is -0.195. The molecule has 2 aliphatic heterocycles. The fraction of sp³-hybridized carbons (Fsp3) is 0.320. The van der Waals surface area contributed by atoms with Gasteiger partial charge in [0.25, 0.3) is 0 Å². The van der Waals surface area contributed by atoms with Gasteiger partial charge >= 0.3 is 0 Å². The van der Waals surface area contributed by atoms with Crippen molar-refractivity contribution in [2.75, 3.05) is 26.3 Å². The summed E-state index contributed by atoms with van der Waals surface area (Å²) in [4.78, 5) is 23.5. The molecule has 2 aliphatic rings. The molecule has 9 nitrogen and oxygen atoms in total. The number of hydrogen-bond acceptors (Lipinski definition) is 6. The third kappa shape index (κ3) is 3.77. The first-order valence-electron chi connectivity index (χ1n) is 11.4. The Kier molecular flexibility index (Phi) is 4.99. The van der Waals surface area contributed by atoms with Crippen LogP contribution in [0.15, 0.2) is 61.4 Å². The predicted octanol–water partition coefficient (Wildman–Crippen LogP) is 2.75. The number of aryl methyl sites for hydroxylation is 1. The lowest BCUT2D eigenvalue weighted by Gasteiger charge is -2.54. The molecule has 3 aromatic heterocycles. The van der Waals surface area contributed by atoms with Crippen molar-refractivity contribution >= 4 is 5.91 Å². The summed E-state index contributed by atoms with van der Waals surface area (Å²) in [6.45, 7) is 6.25. The van der Waals surface area contributed by atoms with E-state index in [1.807, 2.05) is 40.3 Å². The smallest absolute Gasteiger partial charge is 0.244 e. The van der Waals surface area contributed by atoms with Crippen LogP contribution in [0, 0.1) is 5.41 Å². The minimum Gasteiger partial charge on any atom is -0.380 e. The molecule has 0 bridgehead atoms. The zero-order valence-electron chi connectivity index (χ0n) is 19.0. The van der Waals surface area contributed by atoms with Crippen LogP contribution in [0.5, 0.6) is 0 Å². The molecule has 4 aromatic rings. The standard InChI is InChI=1S/C25H25N7O2/c1-2-31-11-21(9-28-31)18-4-3-5-19(6-18)24-26-7-20(8-27-24)22-10-29-32(12-22)13-23(33)30-14-25(15-30)16-34-17-25/h3-12H,2,13-17H2,1H3. The Balaban J connectivity index is 1.13. The Bertz CT molecular complexity index is 1330. The lowest BCUT2D eigenvalue weighted by Crippen LogP contribution is -2.67. The van der Waals surface area contributed by atoms with Gasteiger partial charge in [0.15, 0.2) is 5.82 Å². The van der Waals surface area contributed by atoms with Crippen LogP contribution in [-0.4, -0.2) is 66.6 Å². The number of carbonyl (C=O) groups excluding carboxylic acids is 1. The third-order valence-electron chi connectivity index (χ3n) is 6.55. The number of aromatic nitrogens is 6. The average molecular weight is 456 g/mol. The summed E-state index contributed by atoms with van der Waals surface area (Å²) in [5.41, 5.74) is 5.05. The minimum absolute atomic E-state index is 0.0862. The summed E-state index contributed by atoms with van der Waals surface area (Å²) in [5, 5.41) is 8.72. The van der Waals surface area contributed by atoms with Crippen molar-refractivity contribution in [2.24, 2.45) is 5.41 Å². The fourth-order valence-corrected chi connectivity index (χ4v) is 4.50. The van der Waals surface area contributed by atoms with Crippen LogP contribution in [0.3, 0.4) is 0 Å². The zero-order chi connectivity index (χ0) is 23.1. The van der Waals surface area contributed by atoms with Gasteiger partial charge in [-0.05, 0) is 18.6 Å². The molecular formula is C25H25N7O2. The number of benzene rings is 1. The summed E-state index contributed by atoms with van der Waals surface area (Å²) >= 11 is 0. The van der Waals surface area contributed by atoms with Crippen molar-refractivity contribution in [3.05, 3.63) is 61.4 Å². The van der Waals surface area contributed by atoms with Gasteiger partial charge in [0.2, 0.25) is 5.91 Å². The monoisotopic (exact) mass is 455 g/mol. The van der Waals surface area contributed by atoms with Crippen LogP contribution in [0.2, 0.25) is 0 Å². The highest BCUT2D eigenvalue weighted by atomic mass is 16.5. The Hall–Kier alpha value is -3.85. The van der Waals surface area contributed by atoms with Gasteiger partial charge in [-0.25, -0.2) is 9.97 Å². The number of nitrogens with zero attached hydrogens (tertiary/aromatic N) is 7. The molecule has 1 aromatic carbocycles. The molecule has 0 saturated carbocycles. The molecule has 0 aliphatic carbocycles. The molecule has 0 unspecified atom stereocenters. The summed E-state index contributed by atoms with van der Waals surface area (Å²) in [6, 6.07) is 8.14. The van der Waals surface area contributed by atoms with E-state index in [4.69, 9.17) is 4.74 Å². The van der Waals surface area contributed by atoms with Gasteiger partial charge in [-0.3, -0.25) is 14.2 Å². The van der Waals surface area contributed by atoms with Crippen LogP contribution in [0.4, 0.5) is 0 Å². The average Bonchev–Trinajstić information content (AvgIpc) is 3.47. The maximum Gasteiger partial charge on any atom is 0.244 e. The van der Waals surface area contributed by atoms with Crippen LogP contribution in [0.25, 0.3) is 33.6 Å². The topological polar surface area (TPSA) is 91.0 Å². The second-order valence-corrected chi connectivity index (χ2v) is 9.13. The fourth-order valence-electron chi connectivity index (χ4n) is 4.50. The van der Waals surface area contributed by atoms with Crippen LogP contribution in [0.1, 0.15) is 6.92 Å². The van der Waals surface area contributed by atoms with Crippen molar-refractivity contribution in [3.63, 3.8) is 0 Å². The van der Waals surface area contributed by atoms with E-state index in [0.29, 0.717) is 5.82 Å². The SMILES string of the molecule is CCn1cc(-c2cccc(-c3ncc(-c4cnn(CC(=O)N5CC6(COC6)C5)c4)cn3)c2)cn1. The molecule has 34 heavy (non-hydrogen) atoms. The van der Waals surface area contributed by atoms with E-state index in [9.17, 15) is 4.79 Å². The van der Waals surface area contributed by atoms with E-state index in [1.165, 1.54) is 0 Å². The molecule has 5 heterocycles. The lowest BCUT2D eigenvalue weighted by atomic mass is 9.78. The van der Waals surface area contributed by atoms with Crippen molar-refractivity contribution in [2.45, 2.75) is 20.0 Å². The number of ether oxygens (including phenoxy) is 1. The highest BCUT2D eigenvalue weighted by Gasteiger charge is 2.50. The first kappa shape index (κ1) is 20.7. The van der Waals surface area contributed by atoms with Crippen LogP contribution in [-0.2, 0) is 22.6 Å². The van der Waals surface area contributed by atoms with E-state index < -0.39 is 0 Å². The largest absolute Gasteiger partial charge is 0.380 e. The quantitative estimate of drug-likeness (QED) is 0.444. The number of rotatable bonds is 6. The molecule has 1 spiro atoms. The van der Waals surface area contributed by atoms with Crippen molar-refractivity contribution in [1.82, 2.24) is 34.4 Å². The van der Waals surface area contributed by atoms with Crippen molar-refractivity contribution in [3.8, 4) is 33.6 Å². The highest BCUT2D eigenvalue weighted by Crippen LogP contribution is 2.37. The van der Waals surface area contributed by atoms with E-state index in [1.54, 1.807) is 23.3 Å². The summed E-state index contributed by atoms with van der Waals surface area (Å²) in [5.74, 6) is 0.742. The molecule has 2 saturated heterocycles. The molecular weight excluding hydrogens is 430 g/mol. The number of hydrogen-bond donors (Lipinski definition) is 0. The second kappa shape index (κ2) is 8.18. The van der Waals surface area contributed by atoms with Crippen molar-refractivity contribution < 1.29 is 9.53 Å². The third-order valence-corrected chi connectivity index (χ3v) is 6.55. The zero-order valence-corrected chi connectivity index (χ0v) is 19.0. The number of likely N-dealkylation sites (tertiary alicyclic amines) is 1. The summed E-state index contributed by atoms with van der Waals surface area (Å²) in [7, 11) is 0. The van der Waals surface area contributed by atoms with E-state index >= 15 is 0 Å². The maximum atomic E-state index is 12.5. The first-order chi connectivity index (χ1) is 16.6. The predicted molar refractivity (Wildman–Crippen MR) is 125 cm³/mol. The number of amides is 1. The molecule has 0 N–H and O–H groups in total. The second-order valence-electron chi connectivity index (χ2n) is 9.13. The summed E-state index contributed by atoms with van der Waals surface area (Å²) in [6.07, 6.45) is 11.1. The molecule has 0 atom stereocenters. The molecule has 2 fully saturated rings. The van der Waals surface area contributed by atoms with Gasteiger partial charge in [0.1, 0.15) is 6.54 Å². The molecule has 9 heteroatoms. The van der Waals surface area contributed by atoms with Crippen molar-refractivity contribution in [1.29, 1.82) is 0 Å². The van der Waals surface area contributed by atoms with E-state index in [-0.39, 0.29) is 17.9 Å². The maximum absolute atomic E-state index is 12.5. The van der Waals surface area contributed by atoms with Crippen LogP contribution < -0.4 is 0 Å². The van der Waals surface area contributed by atoms with E-state index in [2.05, 4.69) is 39.2 Å². The molecule has 1 amide bonds. The molecule has 0 radical (unpaired) electrons. The molecule has 6 rings (SSSR count). The van der Waals surface area contributed by atoms with Gasteiger partial charge in [0.05, 0.1) is 31.0 Å². The highest BCUT2D eigenvalue weighted by molar-refractivity contribution is 5.77. The van der Waals surface area contributed by atoms with Gasteiger partial charge in [-0.1, -0.05) is 18.2 Å². The first-order valence-corrected chi connectivity index (χ1v) is 11.4. The summed E-state index contributed by atoms with van der Waals surface area (Å²) < 4.78 is 8.86. The Morgan fingerprint density at radius 2 is 1.59 bits per heavy atom. The van der Waals surface area contributed by atoms with Crippen LogP contribution >= 0.6 is 0 Å². The Morgan fingerprint density at radius 3 is 2.26 bits per heavy atom. The van der Waals surface area contributed by atoms with E-state index in [0.717, 1.165) is 60.7 Å². The van der Waals surface area contributed by atoms with Gasteiger partial charge < -0.3 is 9.64 Å². The van der Waals surface area contributed by atoms with Gasteiger partial charge in [-0.2, -0.15) is 10.2 Å². The Morgan fingerprint density at radius 1 is 0.912 bits per heavy atom. The van der Waals surface area contributed by atoms with Gasteiger partial charge in [0, 0.05) is 66.7 Å².